The van der Waals surface area contributed by atoms with Crippen LogP contribution in [0.4, 0.5) is 5.69 Å². The molecule has 0 bridgehead atoms. The number of ether oxygens (including phenoxy) is 2. The van der Waals surface area contributed by atoms with E-state index < -0.39 is 16.7 Å². The molecule has 0 saturated heterocycles. The number of amides is 2. The van der Waals surface area contributed by atoms with Gasteiger partial charge in [0.05, 0.1) is 35.9 Å². The first-order valence-electron chi connectivity index (χ1n) is 8.04. The van der Waals surface area contributed by atoms with Crippen LogP contribution in [0.15, 0.2) is 41.3 Å². The molecule has 148 valence electrons. The summed E-state index contributed by atoms with van der Waals surface area (Å²) in [7, 11) is 2.69. The molecule has 0 aliphatic carbocycles. The van der Waals surface area contributed by atoms with Gasteiger partial charge in [-0.15, -0.1) is 11.8 Å². The van der Waals surface area contributed by atoms with E-state index in [1.54, 1.807) is 18.2 Å². The van der Waals surface area contributed by atoms with E-state index in [0.29, 0.717) is 10.5 Å². The number of carbonyl (C=O) groups excluding carboxylic acids is 2. The number of nitro benzene ring substituents is 1. The molecule has 0 atom stereocenters. The van der Waals surface area contributed by atoms with Crippen molar-refractivity contribution in [3.63, 3.8) is 0 Å². The van der Waals surface area contributed by atoms with Gasteiger partial charge in [0.2, 0.25) is 5.91 Å². The molecule has 0 heterocycles. The lowest BCUT2D eigenvalue weighted by Crippen LogP contribution is -2.42. The fourth-order valence-electron chi connectivity index (χ4n) is 2.27. The Morgan fingerprint density at radius 2 is 1.82 bits per heavy atom. The number of benzene rings is 2. The van der Waals surface area contributed by atoms with Crippen LogP contribution in [0.5, 0.6) is 11.5 Å². The number of nitro groups is 1. The second kappa shape index (κ2) is 9.60. The van der Waals surface area contributed by atoms with Gasteiger partial charge >= 0.3 is 5.69 Å². The SMILES string of the molecule is COc1cc([N+](=O)[O-])c(OC)cc1SCC(=O)NNC(=O)c1cccc(C)c1. The van der Waals surface area contributed by atoms with Crippen LogP contribution < -0.4 is 20.3 Å². The zero-order chi connectivity index (χ0) is 20.7. The summed E-state index contributed by atoms with van der Waals surface area (Å²) in [6.45, 7) is 1.86. The highest BCUT2D eigenvalue weighted by Crippen LogP contribution is 2.39. The minimum absolute atomic E-state index is 0.0502. The largest absolute Gasteiger partial charge is 0.495 e. The normalized spacial score (nSPS) is 10.1. The van der Waals surface area contributed by atoms with Crippen molar-refractivity contribution in [2.75, 3.05) is 20.0 Å². The molecular weight excluding hydrogens is 386 g/mol. The van der Waals surface area contributed by atoms with Crippen LogP contribution in [-0.2, 0) is 4.79 Å². The number of hydrogen-bond acceptors (Lipinski definition) is 7. The lowest BCUT2D eigenvalue weighted by Gasteiger charge is -2.11. The van der Waals surface area contributed by atoms with Crippen molar-refractivity contribution >= 4 is 29.3 Å². The van der Waals surface area contributed by atoms with E-state index >= 15 is 0 Å². The van der Waals surface area contributed by atoms with Gasteiger partial charge < -0.3 is 9.47 Å². The van der Waals surface area contributed by atoms with Gasteiger partial charge in [-0.05, 0) is 19.1 Å². The Balaban J connectivity index is 1.98. The van der Waals surface area contributed by atoms with Crippen molar-refractivity contribution in [2.45, 2.75) is 11.8 Å². The topological polar surface area (TPSA) is 120 Å². The first kappa shape index (κ1) is 21.0. The molecule has 0 radical (unpaired) electrons. The van der Waals surface area contributed by atoms with Gasteiger partial charge in [-0.3, -0.25) is 30.6 Å². The van der Waals surface area contributed by atoms with E-state index in [0.717, 1.165) is 17.3 Å². The molecule has 28 heavy (non-hydrogen) atoms. The molecule has 0 spiro atoms. The number of thioether (sulfide) groups is 1. The summed E-state index contributed by atoms with van der Waals surface area (Å²) < 4.78 is 10.2. The van der Waals surface area contributed by atoms with Crippen LogP contribution in [0, 0.1) is 17.0 Å². The van der Waals surface area contributed by atoms with Crippen molar-refractivity contribution in [3.8, 4) is 11.5 Å². The Morgan fingerprint density at radius 1 is 1.11 bits per heavy atom. The first-order chi connectivity index (χ1) is 13.3. The third-order valence-corrected chi connectivity index (χ3v) is 4.65. The predicted molar refractivity (Wildman–Crippen MR) is 104 cm³/mol. The van der Waals surface area contributed by atoms with Gasteiger partial charge in [-0.25, -0.2) is 0 Å². The highest BCUT2D eigenvalue weighted by Gasteiger charge is 2.20. The molecule has 0 saturated carbocycles. The minimum atomic E-state index is -0.580. The second-order valence-corrected chi connectivity index (χ2v) is 6.61. The third-order valence-electron chi connectivity index (χ3n) is 3.62. The molecule has 2 aromatic rings. The first-order valence-corrected chi connectivity index (χ1v) is 9.03. The minimum Gasteiger partial charge on any atom is -0.495 e. The Hall–Kier alpha value is -3.27. The van der Waals surface area contributed by atoms with Gasteiger partial charge in [0.1, 0.15) is 5.75 Å². The fraction of sp³-hybridized carbons (Fsp3) is 0.222. The van der Waals surface area contributed by atoms with E-state index in [-0.39, 0.29) is 22.9 Å². The summed E-state index contributed by atoms with van der Waals surface area (Å²) in [6, 6.07) is 9.61. The van der Waals surface area contributed by atoms with E-state index in [1.165, 1.54) is 26.4 Å². The number of nitrogens with one attached hydrogen (secondary N) is 2. The molecule has 0 aromatic heterocycles. The Kier molecular flexibility index (Phi) is 7.21. The number of hydrogen-bond donors (Lipinski definition) is 2. The molecule has 2 aromatic carbocycles. The highest BCUT2D eigenvalue weighted by molar-refractivity contribution is 8.00. The average molecular weight is 405 g/mol. The van der Waals surface area contributed by atoms with Crippen LogP contribution in [0.1, 0.15) is 15.9 Å². The van der Waals surface area contributed by atoms with Gasteiger partial charge in [-0.2, -0.15) is 0 Å². The van der Waals surface area contributed by atoms with Crippen LogP contribution in [0.3, 0.4) is 0 Å². The summed E-state index contributed by atoms with van der Waals surface area (Å²) in [4.78, 5) is 35.0. The van der Waals surface area contributed by atoms with Gasteiger partial charge in [0.25, 0.3) is 5.91 Å². The fourth-order valence-corrected chi connectivity index (χ4v) is 3.11. The standard InChI is InChI=1S/C18H19N3O6S/c1-11-5-4-6-12(7-11)18(23)20-19-17(22)10-28-16-9-14(26-2)13(21(24)25)8-15(16)27-3/h4-9H,10H2,1-3H3,(H,19,22)(H,20,23). The summed E-state index contributed by atoms with van der Waals surface area (Å²) in [5, 5.41) is 11.1. The lowest BCUT2D eigenvalue weighted by molar-refractivity contribution is -0.385. The number of hydrazine groups is 1. The van der Waals surface area contributed by atoms with E-state index in [2.05, 4.69) is 10.9 Å². The molecule has 2 N–H and O–H groups in total. The molecule has 2 amide bonds. The third kappa shape index (κ3) is 5.36. The molecule has 9 nitrogen and oxygen atoms in total. The number of rotatable bonds is 7. The maximum Gasteiger partial charge on any atom is 0.314 e. The summed E-state index contributed by atoms with van der Waals surface area (Å²) in [5.41, 5.74) is 5.78. The number of methoxy groups -OCH3 is 2. The maximum atomic E-state index is 12.0. The molecule has 0 fully saturated rings. The quantitative estimate of drug-likeness (QED) is 0.412. The average Bonchev–Trinajstić information content (AvgIpc) is 2.69. The Labute approximate surface area is 165 Å². The van der Waals surface area contributed by atoms with Crippen molar-refractivity contribution in [1.82, 2.24) is 10.9 Å². The van der Waals surface area contributed by atoms with E-state index in [4.69, 9.17) is 9.47 Å². The number of carbonyl (C=O) groups is 2. The van der Waals surface area contributed by atoms with Crippen LogP contribution in [0.25, 0.3) is 0 Å². The summed E-state index contributed by atoms with van der Waals surface area (Å²) in [5.74, 6) is -0.636. The number of aryl methyl sites for hydroxylation is 1. The smallest absolute Gasteiger partial charge is 0.314 e. The molecule has 0 aliphatic heterocycles. The van der Waals surface area contributed by atoms with E-state index in [9.17, 15) is 19.7 Å². The monoisotopic (exact) mass is 405 g/mol. The Morgan fingerprint density at radius 3 is 2.43 bits per heavy atom. The maximum absolute atomic E-state index is 12.0. The summed E-state index contributed by atoms with van der Waals surface area (Å²) >= 11 is 1.09. The molecule has 0 aliphatic rings. The molecule has 0 unspecified atom stereocenters. The van der Waals surface area contributed by atoms with Gasteiger partial charge in [-0.1, -0.05) is 17.7 Å². The van der Waals surface area contributed by atoms with Crippen molar-refractivity contribution in [3.05, 3.63) is 57.6 Å². The zero-order valence-electron chi connectivity index (χ0n) is 15.5. The summed E-state index contributed by atoms with van der Waals surface area (Å²) in [6.07, 6.45) is 0. The lowest BCUT2D eigenvalue weighted by atomic mass is 10.1. The molecule has 10 heteroatoms. The van der Waals surface area contributed by atoms with Crippen molar-refractivity contribution in [2.24, 2.45) is 0 Å². The van der Waals surface area contributed by atoms with Crippen molar-refractivity contribution in [1.29, 1.82) is 0 Å². The number of nitrogens with zero attached hydrogens (tertiary/aromatic N) is 1. The molecule has 2 rings (SSSR count). The van der Waals surface area contributed by atoms with Crippen LogP contribution in [0.2, 0.25) is 0 Å². The van der Waals surface area contributed by atoms with Crippen LogP contribution >= 0.6 is 11.8 Å². The highest BCUT2D eigenvalue weighted by atomic mass is 32.2. The van der Waals surface area contributed by atoms with Crippen molar-refractivity contribution < 1.29 is 24.0 Å². The van der Waals surface area contributed by atoms with E-state index in [1.807, 2.05) is 13.0 Å². The Bertz CT molecular complexity index is 903. The van der Waals surface area contributed by atoms with Gasteiger partial charge in [0, 0.05) is 11.6 Å². The van der Waals surface area contributed by atoms with Crippen LogP contribution in [-0.4, -0.2) is 36.7 Å². The molecular formula is C18H19N3O6S. The zero-order valence-corrected chi connectivity index (χ0v) is 16.3. The predicted octanol–water partition coefficient (Wildman–Crippen LogP) is 2.47. The second-order valence-electron chi connectivity index (χ2n) is 5.59. The van der Waals surface area contributed by atoms with Gasteiger partial charge in [0.15, 0.2) is 5.75 Å².